The zero-order valence-corrected chi connectivity index (χ0v) is 8.72. The molecule has 13 heavy (non-hydrogen) atoms. The Morgan fingerprint density at radius 2 is 1.92 bits per heavy atom. The van der Waals surface area contributed by atoms with E-state index in [1.54, 1.807) is 6.92 Å². The van der Waals surface area contributed by atoms with Gasteiger partial charge in [0.05, 0.1) is 12.2 Å². The highest BCUT2D eigenvalue weighted by Gasteiger charge is 2.08. The van der Waals surface area contributed by atoms with E-state index in [0.717, 1.165) is 19.3 Å². The van der Waals surface area contributed by atoms with Crippen molar-refractivity contribution in [2.45, 2.75) is 40.0 Å². The highest BCUT2D eigenvalue weighted by molar-refractivity contribution is 5.88. The van der Waals surface area contributed by atoms with Gasteiger partial charge in [-0.15, -0.1) is 0 Å². The SMILES string of the molecule is CCCOC(=O)C(C)=C(N)CCC. The minimum atomic E-state index is -0.284. The highest BCUT2D eigenvalue weighted by atomic mass is 16.5. The molecule has 0 bridgehead atoms. The van der Waals surface area contributed by atoms with Crippen molar-refractivity contribution < 1.29 is 9.53 Å². The summed E-state index contributed by atoms with van der Waals surface area (Å²) in [5, 5.41) is 0. The second-order valence-corrected chi connectivity index (χ2v) is 3.04. The fourth-order valence-corrected chi connectivity index (χ4v) is 0.891. The van der Waals surface area contributed by atoms with Gasteiger partial charge >= 0.3 is 5.97 Å². The van der Waals surface area contributed by atoms with E-state index in [9.17, 15) is 4.79 Å². The Hall–Kier alpha value is -0.990. The quantitative estimate of drug-likeness (QED) is 0.526. The molecule has 0 saturated carbocycles. The maximum atomic E-state index is 11.3. The molecule has 0 aliphatic rings. The van der Waals surface area contributed by atoms with E-state index in [0.29, 0.717) is 17.9 Å². The van der Waals surface area contributed by atoms with Crippen LogP contribution >= 0.6 is 0 Å². The van der Waals surface area contributed by atoms with Crippen LogP contribution in [0.15, 0.2) is 11.3 Å². The molecular formula is C10H19NO2. The molecule has 0 radical (unpaired) electrons. The van der Waals surface area contributed by atoms with E-state index in [1.807, 2.05) is 13.8 Å². The molecule has 0 saturated heterocycles. The summed E-state index contributed by atoms with van der Waals surface area (Å²) in [6, 6.07) is 0. The second kappa shape index (κ2) is 6.52. The Morgan fingerprint density at radius 3 is 2.38 bits per heavy atom. The lowest BCUT2D eigenvalue weighted by molar-refractivity contribution is -0.139. The molecule has 76 valence electrons. The third kappa shape index (κ3) is 4.55. The van der Waals surface area contributed by atoms with E-state index in [1.165, 1.54) is 0 Å². The van der Waals surface area contributed by atoms with Gasteiger partial charge in [0.15, 0.2) is 0 Å². The van der Waals surface area contributed by atoms with Crippen LogP contribution in [0.2, 0.25) is 0 Å². The highest BCUT2D eigenvalue weighted by Crippen LogP contribution is 2.06. The average Bonchev–Trinajstić information content (AvgIpc) is 2.13. The van der Waals surface area contributed by atoms with Gasteiger partial charge in [-0.05, 0) is 19.8 Å². The summed E-state index contributed by atoms with van der Waals surface area (Å²) in [7, 11) is 0. The van der Waals surface area contributed by atoms with Crippen molar-refractivity contribution in [1.82, 2.24) is 0 Å². The molecule has 0 aliphatic carbocycles. The van der Waals surface area contributed by atoms with Crippen molar-refractivity contribution in [1.29, 1.82) is 0 Å². The van der Waals surface area contributed by atoms with E-state index < -0.39 is 0 Å². The zero-order chi connectivity index (χ0) is 10.3. The monoisotopic (exact) mass is 185 g/mol. The van der Waals surface area contributed by atoms with Gasteiger partial charge in [0, 0.05) is 5.70 Å². The Morgan fingerprint density at radius 1 is 1.31 bits per heavy atom. The smallest absolute Gasteiger partial charge is 0.335 e. The van der Waals surface area contributed by atoms with Crippen LogP contribution in [0.4, 0.5) is 0 Å². The average molecular weight is 185 g/mol. The van der Waals surface area contributed by atoms with E-state index in [2.05, 4.69) is 0 Å². The van der Waals surface area contributed by atoms with Gasteiger partial charge in [0.1, 0.15) is 0 Å². The molecule has 0 amide bonds. The molecular weight excluding hydrogens is 166 g/mol. The van der Waals surface area contributed by atoms with Gasteiger partial charge < -0.3 is 10.5 Å². The predicted octanol–water partition coefficient (Wildman–Crippen LogP) is 1.97. The molecule has 0 aliphatic heterocycles. The van der Waals surface area contributed by atoms with E-state index in [4.69, 9.17) is 10.5 Å². The lowest BCUT2D eigenvalue weighted by Gasteiger charge is -2.06. The van der Waals surface area contributed by atoms with Gasteiger partial charge in [-0.2, -0.15) is 0 Å². The van der Waals surface area contributed by atoms with Crippen LogP contribution in [0.1, 0.15) is 40.0 Å². The number of rotatable bonds is 5. The van der Waals surface area contributed by atoms with E-state index >= 15 is 0 Å². The fourth-order valence-electron chi connectivity index (χ4n) is 0.891. The number of carbonyl (C=O) groups excluding carboxylic acids is 1. The van der Waals surface area contributed by atoms with E-state index in [-0.39, 0.29) is 5.97 Å². The minimum Gasteiger partial charge on any atom is -0.462 e. The zero-order valence-electron chi connectivity index (χ0n) is 8.72. The molecule has 3 nitrogen and oxygen atoms in total. The van der Waals surface area contributed by atoms with Gasteiger partial charge in [0.2, 0.25) is 0 Å². The normalized spacial score (nSPS) is 12.2. The molecule has 0 unspecified atom stereocenters. The Labute approximate surface area is 79.9 Å². The van der Waals surface area contributed by atoms with Crippen molar-refractivity contribution in [2.24, 2.45) is 5.73 Å². The van der Waals surface area contributed by atoms with Crippen LogP contribution in [0.5, 0.6) is 0 Å². The van der Waals surface area contributed by atoms with Gasteiger partial charge in [0.25, 0.3) is 0 Å². The standard InChI is InChI=1S/C10H19NO2/c1-4-6-9(11)8(3)10(12)13-7-5-2/h4-7,11H2,1-3H3. The molecule has 0 fully saturated rings. The molecule has 0 atom stereocenters. The first kappa shape index (κ1) is 12.0. The Balaban J connectivity index is 4.13. The van der Waals surface area contributed by atoms with Crippen LogP contribution < -0.4 is 5.73 Å². The summed E-state index contributed by atoms with van der Waals surface area (Å²) >= 11 is 0. The topological polar surface area (TPSA) is 52.3 Å². The summed E-state index contributed by atoms with van der Waals surface area (Å²) in [6.07, 6.45) is 2.55. The Kier molecular flexibility index (Phi) is 6.02. The molecule has 0 aromatic heterocycles. The summed E-state index contributed by atoms with van der Waals surface area (Å²) in [4.78, 5) is 11.3. The number of hydrogen-bond donors (Lipinski definition) is 1. The minimum absolute atomic E-state index is 0.284. The first-order chi connectivity index (χ1) is 6.13. The molecule has 0 aromatic carbocycles. The fraction of sp³-hybridized carbons (Fsp3) is 0.700. The summed E-state index contributed by atoms with van der Waals surface area (Å²) in [5.41, 5.74) is 6.87. The largest absolute Gasteiger partial charge is 0.462 e. The number of ether oxygens (including phenoxy) is 1. The third-order valence-corrected chi connectivity index (χ3v) is 1.74. The number of allylic oxidation sites excluding steroid dienone is 1. The van der Waals surface area contributed by atoms with Crippen molar-refractivity contribution >= 4 is 5.97 Å². The first-order valence-electron chi connectivity index (χ1n) is 4.75. The van der Waals surface area contributed by atoms with Crippen molar-refractivity contribution in [3.8, 4) is 0 Å². The number of carbonyl (C=O) groups is 1. The van der Waals surface area contributed by atoms with Crippen LogP contribution in [-0.2, 0) is 9.53 Å². The number of esters is 1. The second-order valence-electron chi connectivity index (χ2n) is 3.04. The summed E-state index contributed by atoms with van der Waals surface area (Å²) < 4.78 is 4.94. The Bertz CT molecular complexity index is 197. The van der Waals surface area contributed by atoms with Crippen LogP contribution in [0.25, 0.3) is 0 Å². The summed E-state index contributed by atoms with van der Waals surface area (Å²) in [6.45, 7) is 6.16. The lowest BCUT2D eigenvalue weighted by atomic mass is 10.1. The predicted molar refractivity (Wildman–Crippen MR) is 53.0 cm³/mol. The molecule has 0 spiro atoms. The number of hydrogen-bond acceptors (Lipinski definition) is 3. The first-order valence-corrected chi connectivity index (χ1v) is 4.75. The third-order valence-electron chi connectivity index (χ3n) is 1.74. The summed E-state index contributed by atoms with van der Waals surface area (Å²) in [5.74, 6) is -0.284. The van der Waals surface area contributed by atoms with Crippen molar-refractivity contribution in [3.63, 3.8) is 0 Å². The van der Waals surface area contributed by atoms with Crippen LogP contribution in [0.3, 0.4) is 0 Å². The molecule has 0 aromatic rings. The van der Waals surface area contributed by atoms with Crippen molar-refractivity contribution in [3.05, 3.63) is 11.3 Å². The van der Waals surface area contributed by atoms with Crippen molar-refractivity contribution in [2.75, 3.05) is 6.61 Å². The maximum absolute atomic E-state index is 11.3. The van der Waals surface area contributed by atoms with Gasteiger partial charge in [-0.3, -0.25) is 0 Å². The molecule has 2 N–H and O–H groups in total. The lowest BCUT2D eigenvalue weighted by Crippen LogP contribution is -2.12. The van der Waals surface area contributed by atoms with Crippen LogP contribution in [-0.4, -0.2) is 12.6 Å². The number of nitrogens with two attached hydrogens (primary N) is 1. The van der Waals surface area contributed by atoms with Crippen LogP contribution in [0, 0.1) is 0 Å². The van der Waals surface area contributed by atoms with Gasteiger partial charge in [-0.1, -0.05) is 20.3 Å². The molecule has 0 rings (SSSR count). The maximum Gasteiger partial charge on any atom is 0.335 e. The molecule has 0 heterocycles. The molecule has 3 heteroatoms. The van der Waals surface area contributed by atoms with Gasteiger partial charge in [-0.25, -0.2) is 4.79 Å².